The Bertz CT molecular complexity index is 1110. The normalized spacial score (nSPS) is 38.3. The molecule has 4 aliphatic carbocycles. The summed E-state index contributed by atoms with van der Waals surface area (Å²) in [7, 11) is 0. The van der Waals surface area contributed by atoms with Crippen molar-refractivity contribution in [1.29, 1.82) is 0 Å². The van der Waals surface area contributed by atoms with E-state index in [1.54, 1.807) is 0 Å². The molecule has 0 amide bonds. The highest BCUT2D eigenvalue weighted by atomic mass is 16.5. The van der Waals surface area contributed by atoms with Gasteiger partial charge in [-0.3, -0.25) is 14.4 Å². The molecular weight excluding hydrogens is 476 g/mol. The lowest BCUT2D eigenvalue weighted by molar-refractivity contribution is -0.153. The van der Waals surface area contributed by atoms with E-state index in [9.17, 15) is 19.5 Å². The van der Waals surface area contributed by atoms with Gasteiger partial charge in [-0.05, 0) is 78.3 Å². The van der Waals surface area contributed by atoms with Crippen LogP contribution in [-0.4, -0.2) is 28.9 Å². The highest BCUT2D eigenvalue weighted by Crippen LogP contribution is 2.72. The number of fused-ring (bicyclic) bond motifs is 5. The van der Waals surface area contributed by atoms with E-state index in [-0.39, 0.29) is 28.6 Å². The van der Waals surface area contributed by atoms with Gasteiger partial charge in [-0.2, -0.15) is 0 Å². The Kier molecular flexibility index (Phi) is 7.20. The maximum atomic E-state index is 12.9. The quantitative estimate of drug-likeness (QED) is 0.279. The molecule has 0 saturated heterocycles. The first kappa shape index (κ1) is 28.8. The highest BCUT2D eigenvalue weighted by Gasteiger charge is 2.68. The van der Waals surface area contributed by atoms with Crippen molar-refractivity contribution in [3.63, 3.8) is 0 Å². The molecule has 5 heteroatoms. The van der Waals surface area contributed by atoms with Crippen LogP contribution in [0.3, 0.4) is 0 Å². The highest BCUT2D eigenvalue weighted by molar-refractivity contribution is 5.86. The van der Waals surface area contributed by atoms with Crippen LogP contribution in [0.15, 0.2) is 35.5 Å². The lowest BCUT2D eigenvalue weighted by Crippen LogP contribution is -2.55. The van der Waals surface area contributed by atoms with Crippen molar-refractivity contribution in [3.8, 4) is 0 Å². The van der Waals surface area contributed by atoms with Gasteiger partial charge in [0.25, 0.3) is 0 Å². The van der Waals surface area contributed by atoms with Crippen molar-refractivity contribution >= 4 is 17.7 Å². The Hall–Kier alpha value is -2.17. The Balaban J connectivity index is 1.80. The minimum absolute atomic E-state index is 0.133. The zero-order chi connectivity index (χ0) is 28.4. The van der Waals surface area contributed by atoms with Gasteiger partial charge in [0, 0.05) is 24.2 Å². The van der Waals surface area contributed by atoms with Gasteiger partial charge in [-0.15, -0.1) is 0 Å². The summed E-state index contributed by atoms with van der Waals surface area (Å²) >= 11 is 0. The number of carboxylic acid groups (broad SMARTS) is 1. The van der Waals surface area contributed by atoms with Crippen LogP contribution >= 0.6 is 0 Å². The molecule has 210 valence electrons. The van der Waals surface area contributed by atoms with Crippen LogP contribution in [0.5, 0.6) is 0 Å². The molecule has 0 aliphatic heterocycles. The molecule has 4 rings (SSSR count). The molecule has 0 heterocycles. The van der Waals surface area contributed by atoms with Crippen LogP contribution in [0.1, 0.15) is 100 Å². The Morgan fingerprint density at radius 1 is 1.13 bits per heavy atom. The number of Topliss-reactive ketones (excluding diaryl/α,β-unsaturated/α-hetero) is 1. The molecule has 0 spiro atoms. The number of ether oxygens (including phenoxy) is 1. The summed E-state index contributed by atoms with van der Waals surface area (Å²) < 4.78 is 6.08. The molecule has 0 bridgehead atoms. The van der Waals surface area contributed by atoms with Crippen molar-refractivity contribution in [2.45, 2.75) is 106 Å². The molecule has 38 heavy (non-hydrogen) atoms. The lowest BCUT2D eigenvalue weighted by atomic mass is 9.44. The predicted octanol–water partition coefficient (Wildman–Crippen LogP) is 7.32. The van der Waals surface area contributed by atoms with E-state index >= 15 is 0 Å². The maximum absolute atomic E-state index is 12.9. The first-order valence-corrected chi connectivity index (χ1v) is 14.5. The van der Waals surface area contributed by atoms with E-state index in [1.165, 1.54) is 18.1 Å². The van der Waals surface area contributed by atoms with Gasteiger partial charge >= 0.3 is 11.9 Å². The number of aliphatic carboxylic acids is 1. The monoisotopic (exact) mass is 524 g/mol. The summed E-state index contributed by atoms with van der Waals surface area (Å²) in [6.07, 6.45) is 9.00. The summed E-state index contributed by atoms with van der Waals surface area (Å²) in [4.78, 5) is 38.0. The van der Waals surface area contributed by atoms with Gasteiger partial charge in [0.1, 0.15) is 11.9 Å². The van der Waals surface area contributed by atoms with Crippen molar-refractivity contribution in [3.05, 3.63) is 35.5 Å². The van der Waals surface area contributed by atoms with E-state index in [0.717, 1.165) is 24.8 Å². The van der Waals surface area contributed by atoms with Crippen LogP contribution in [-0.2, 0) is 19.1 Å². The first-order valence-electron chi connectivity index (χ1n) is 14.5. The van der Waals surface area contributed by atoms with Gasteiger partial charge in [0.05, 0.1) is 5.92 Å². The van der Waals surface area contributed by atoms with Gasteiger partial charge in [-0.1, -0.05) is 72.8 Å². The standard InChI is InChI=1S/C33H48O5/c1-19(2)20(3)10-11-22(29(36)37)25-18-28(38-21(4)34)33(9)24-12-13-26-30(5,6)27(35)15-16-31(26,7)23(24)14-17-32(25,33)8/h12,14,19,22,25-26,28H,3,10-11,13,15-18H2,1-2,4-9H3,(H,36,37). The third-order valence-corrected chi connectivity index (χ3v) is 11.8. The van der Waals surface area contributed by atoms with Crippen LogP contribution in [0.25, 0.3) is 0 Å². The van der Waals surface area contributed by atoms with Gasteiger partial charge in [0.2, 0.25) is 0 Å². The average molecular weight is 525 g/mol. The number of carboxylic acids is 1. The van der Waals surface area contributed by atoms with E-state index in [0.29, 0.717) is 37.4 Å². The summed E-state index contributed by atoms with van der Waals surface area (Å²) in [6, 6.07) is 0. The predicted molar refractivity (Wildman–Crippen MR) is 149 cm³/mol. The van der Waals surface area contributed by atoms with E-state index in [1.807, 2.05) is 0 Å². The Morgan fingerprint density at radius 3 is 2.37 bits per heavy atom. The third kappa shape index (κ3) is 4.05. The SMILES string of the molecule is C=C(CCC(C(=O)O)C1CC(OC(C)=O)C2(C)C3=CCC4C(C)(C)C(=O)CCC4(C)C3=CCC12C)C(C)C. The number of hydrogen-bond acceptors (Lipinski definition) is 4. The van der Waals surface area contributed by atoms with Crippen molar-refractivity contribution < 1.29 is 24.2 Å². The second-order valence-electron chi connectivity index (χ2n) is 14.1. The van der Waals surface area contributed by atoms with Crippen LogP contribution in [0.4, 0.5) is 0 Å². The molecule has 7 unspecified atom stereocenters. The number of allylic oxidation sites excluding steroid dienone is 4. The fraction of sp³-hybridized carbons (Fsp3) is 0.727. The minimum atomic E-state index is -0.773. The molecule has 7 atom stereocenters. The first-order chi connectivity index (χ1) is 17.5. The number of ketones is 1. The molecule has 0 aromatic rings. The zero-order valence-electron chi connectivity index (χ0n) is 24.8. The Labute approximate surface area is 229 Å². The zero-order valence-corrected chi connectivity index (χ0v) is 24.8. The second kappa shape index (κ2) is 9.48. The molecule has 2 fully saturated rings. The van der Waals surface area contributed by atoms with E-state index in [2.05, 4.69) is 67.2 Å². The molecular formula is C33H48O5. The molecule has 0 aromatic heterocycles. The van der Waals surface area contributed by atoms with Crippen LogP contribution < -0.4 is 0 Å². The molecule has 4 aliphatic rings. The Morgan fingerprint density at radius 2 is 1.79 bits per heavy atom. The average Bonchev–Trinajstić information content (AvgIpc) is 3.03. The number of carbonyl (C=O) groups excluding carboxylic acids is 2. The van der Waals surface area contributed by atoms with Crippen molar-refractivity contribution in [1.82, 2.24) is 0 Å². The molecule has 5 nitrogen and oxygen atoms in total. The van der Waals surface area contributed by atoms with Gasteiger partial charge in [-0.25, -0.2) is 0 Å². The second-order valence-corrected chi connectivity index (χ2v) is 14.1. The van der Waals surface area contributed by atoms with E-state index in [4.69, 9.17) is 4.74 Å². The molecule has 0 aromatic carbocycles. The number of rotatable bonds is 7. The fourth-order valence-corrected chi connectivity index (χ4v) is 8.96. The largest absolute Gasteiger partial charge is 0.481 e. The van der Waals surface area contributed by atoms with Crippen molar-refractivity contribution in [2.75, 3.05) is 0 Å². The van der Waals surface area contributed by atoms with Crippen LogP contribution in [0.2, 0.25) is 0 Å². The van der Waals surface area contributed by atoms with Gasteiger partial charge < -0.3 is 9.84 Å². The maximum Gasteiger partial charge on any atom is 0.306 e. The fourth-order valence-electron chi connectivity index (χ4n) is 8.96. The summed E-state index contributed by atoms with van der Waals surface area (Å²) in [5, 5.41) is 10.5. The van der Waals surface area contributed by atoms with Crippen LogP contribution in [0, 0.1) is 45.3 Å². The lowest BCUT2D eigenvalue weighted by Gasteiger charge is -2.60. The summed E-state index contributed by atoms with van der Waals surface area (Å²) in [5.74, 6) is -0.888. The molecule has 2 saturated carbocycles. The molecule has 0 radical (unpaired) electrons. The summed E-state index contributed by atoms with van der Waals surface area (Å²) in [5.41, 5.74) is 2.19. The van der Waals surface area contributed by atoms with Gasteiger partial charge in [0.15, 0.2) is 0 Å². The topological polar surface area (TPSA) is 80.7 Å². The number of hydrogen-bond donors (Lipinski definition) is 1. The smallest absolute Gasteiger partial charge is 0.306 e. The summed E-state index contributed by atoms with van der Waals surface area (Å²) in [6.45, 7) is 20.8. The number of esters is 1. The third-order valence-electron chi connectivity index (χ3n) is 11.8. The minimum Gasteiger partial charge on any atom is -0.481 e. The van der Waals surface area contributed by atoms with E-state index < -0.39 is 28.8 Å². The number of carbonyl (C=O) groups is 3. The molecule has 1 N–H and O–H groups in total. The van der Waals surface area contributed by atoms with Crippen molar-refractivity contribution in [2.24, 2.45) is 45.3 Å².